The van der Waals surface area contributed by atoms with Crippen molar-refractivity contribution in [2.45, 2.75) is 24.9 Å². The molecule has 0 aliphatic carbocycles. The van der Waals surface area contributed by atoms with Gasteiger partial charge in [-0.15, -0.1) is 0 Å². The number of hydrogen-bond acceptors (Lipinski definition) is 5. The third-order valence-corrected chi connectivity index (χ3v) is 4.43. The number of hydrogen-bond donors (Lipinski definition) is 0. The van der Waals surface area contributed by atoms with Crippen molar-refractivity contribution in [2.24, 2.45) is 0 Å². The zero-order valence-electron chi connectivity index (χ0n) is 12.3. The third-order valence-electron chi connectivity index (χ3n) is 4.43. The van der Waals surface area contributed by atoms with E-state index >= 15 is 0 Å². The highest BCUT2D eigenvalue weighted by Gasteiger charge is 2.39. The zero-order valence-corrected chi connectivity index (χ0v) is 12.3. The van der Waals surface area contributed by atoms with Gasteiger partial charge in [-0.05, 0) is 32.0 Å². The number of ether oxygens (including phenoxy) is 1. The number of piperazine rings is 1. The molecule has 21 heavy (non-hydrogen) atoms. The van der Waals surface area contributed by atoms with E-state index in [1.165, 1.54) is 7.11 Å². The molecule has 2 bridgehead atoms. The number of rotatable bonds is 2. The highest BCUT2D eigenvalue weighted by atomic mass is 16.5. The van der Waals surface area contributed by atoms with Gasteiger partial charge in [0.15, 0.2) is 0 Å². The van der Waals surface area contributed by atoms with Crippen LogP contribution in [0, 0.1) is 0 Å². The first-order valence-electron chi connectivity index (χ1n) is 7.16. The molecule has 6 heteroatoms. The molecule has 0 spiro atoms. The van der Waals surface area contributed by atoms with Crippen molar-refractivity contribution >= 4 is 11.9 Å². The Balaban J connectivity index is 1.81. The molecule has 3 saturated heterocycles. The van der Waals surface area contributed by atoms with E-state index in [2.05, 4.69) is 21.7 Å². The zero-order chi connectivity index (χ0) is 15.0. The summed E-state index contributed by atoms with van der Waals surface area (Å²) >= 11 is 0. The molecule has 112 valence electrons. The Morgan fingerprint density at radius 1 is 1.19 bits per heavy atom. The molecule has 4 rings (SSSR count). The third kappa shape index (κ3) is 2.51. The molecule has 3 aliphatic heterocycles. The molecule has 0 aromatic carbocycles. The van der Waals surface area contributed by atoms with Gasteiger partial charge >= 0.3 is 5.97 Å². The average molecular weight is 289 g/mol. The highest BCUT2D eigenvalue weighted by Crippen LogP contribution is 2.28. The van der Waals surface area contributed by atoms with E-state index < -0.39 is 5.97 Å². The summed E-state index contributed by atoms with van der Waals surface area (Å²) in [5.41, 5.74) is 0.482. The number of esters is 1. The Morgan fingerprint density at radius 2 is 1.90 bits per heavy atom. The number of methoxy groups -OCH3 is 1. The largest absolute Gasteiger partial charge is 0.464 e. The van der Waals surface area contributed by atoms with Crippen molar-refractivity contribution in [3.63, 3.8) is 0 Å². The van der Waals surface area contributed by atoms with Gasteiger partial charge in [-0.25, -0.2) is 9.78 Å². The van der Waals surface area contributed by atoms with Crippen LogP contribution in [-0.4, -0.2) is 66.0 Å². The molecule has 1 aromatic heterocycles. The fraction of sp³-hybridized carbons (Fsp3) is 0.533. The van der Waals surface area contributed by atoms with Crippen LogP contribution in [-0.2, 0) is 4.74 Å². The number of carbonyl (C=O) groups is 2. The number of likely N-dealkylation sites (N-methyl/N-ethyl adjacent to an activating group) is 1. The summed E-state index contributed by atoms with van der Waals surface area (Å²) < 4.78 is 4.65. The minimum atomic E-state index is -0.524. The molecule has 2 unspecified atom stereocenters. The molecular weight excluding hydrogens is 270 g/mol. The van der Waals surface area contributed by atoms with E-state index in [0.717, 1.165) is 25.9 Å². The van der Waals surface area contributed by atoms with E-state index in [-0.39, 0.29) is 17.6 Å². The lowest BCUT2D eigenvalue weighted by Gasteiger charge is -2.50. The Kier molecular flexibility index (Phi) is 3.63. The van der Waals surface area contributed by atoms with Crippen molar-refractivity contribution in [1.82, 2.24) is 14.8 Å². The standard InChI is InChI=1S/C15H19N3O3/c1-17-8-11-7-6-10(17)9-18(11)14(19)12-4-3-5-13(16-12)15(20)21-2/h3-5,10-11H,6-9H2,1-2H3. The molecule has 0 N–H and O–H groups in total. The Morgan fingerprint density at radius 3 is 2.52 bits per heavy atom. The molecule has 1 amide bonds. The molecule has 4 heterocycles. The fourth-order valence-corrected chi connectivity index (χ4v) is 3.21. The van der Waals surface area contributed by atoms with Gasteiger partial charge in [0.25, 0.3) is 5.91 Å². The minimum absolute atomic E-state index is 0.0939. The van der Waals surface area contributed by atoms with Crippen LogP contribution < -0.4 is 0 Å². The van der Waals surface area contributed by atoms with Crippen molar-refractivity contribution in [3.05, 3.63) is 29.6 Å². The maximum absolute atomic E-state index is 12.7. The monoisotopic (exact) mass is 289 g/mol. The summed E-state index contributed by atoms with van der Waals surface area (Å²) in [6.45, 7) is 1.65. The summed E-state index contributed by atoms with van der Waals surface area (Å²) in [7, 11) is 3.41. The van der Waals surface area contributed by atoms with Crippen LogP contribution in [0.15, 0.2) is 18.2 Å². The second-order valence-electron chi connectivity index (χ2n) is 5.68. The van der Waals surface area contributed by atoms with Crippen molar-refractivity contribution in [1.29, 1.82) is 0 Å². The number of piperidine rings is 2. The summed E-state index contributed by atoms with van der Waals surface area (Å²) in [4.78, 5) is 32.5. The lowest BCUT2D eigenvalue weighted by atomic mass is 9.91. The predicted octanol–water partition coefficient (Wildman–Crippen LogP) is 0.787. The normalized spacial score (nSPS) is 25.0. The molecule has 2 atom stereocenters. The van der Waals surface area contributed by atoms with Gasteiger partial charge in [-0.1, -0.05) is 6.07 Å². The number of carbonyl (C=O) groups excluding carboxylic acids is 2. The topological polar surface area (TPSA) is 62.7 Å². The first kappa shape index (κ1) is 14.0. The maximum Gasteiger partial charge on any atom is 0.356 e. The molecule has 0 radical (unpaired) electrons. The summed E-state index contributed by atoms with van der Waals surface area (Å²) in [5.74, 6) is -0.617. The first-order valence-corrected chi connectivity index (χ1v) is 7.16. The van der Waals surface area contributed by atoms with Gasteiger partial charge in [0.05, 0.1) is 7.11 Å². The highest BCUT2D eigenvalue weighted by molar-refractivity contribution is 5.94. The van der Waals surface area contributed by atoms with E-state index in [4.69, 9.17) is 0 Å². The van der Waals surface area contributed by atoms with Crippen LogP contribution in [0.2, 0.25) is 0 Å². The summed E-state index contributed by atoms with van der Waals surface area (Å²) in [5, 5.41) is 0. The van der Waals surface area contributed by atoms with Gasteiger partial charge in [-0.3, -0.25) is 9.69 Å². The van der Waals surface area contributed by atoms with Crippen LogP contribution in [0.3, 0.4) is 0 Å². The number of nitrogens with zero attached hydrogens (tertiary/aromatic N) is 3. The fourth-order valence-electron chi connectivity index (χ4n) is 3.21. The van der Waals surface area contributed by atoms with Gasteiger partial charge in [0.2, 0.25) is 0 Å². The first-order chi connectivity index (χ1) is 10.1. The summed E-state index contributed by atoms with van der Waals surface area (Å²) in [6, 6.07) is 5.55. The lowest BCUT2D eigenvalue weighted by molar-refractivity contribution is -0.000456. The molecule has 3 aliphatic rings. The lowest BCUT2D eigenvalue weighted by Crippen LogP contribution is -2.62. The van der Waals surface area contributed by atoms with Crippen molar-refractivity contribution in [2.75, 3.05) is 27.2 Å². The van der Waals surface area contributed by atoms with E-state index in [0.29, 0.717) is 11.7 Å². The molecular formula is C15H19N3O3. The number of pyridine rings is 1. The second kappa shape index (κ2) is 5.44. The Bertz CT molecular complexity index is 575. The Hall–Kier alpha value is -1.95. The van der Waals surface area contributed by atoms with Crippen LogP contribution in [0.1, 0.15) is 33.8 Å². The molecule has 1 aromatic rings. The van der Waals surface area contributed by atoms with E-state index in [1.54, 1.807) is 18.2 Å². The van der Waals surface area contributed by atoms with Crippen LogP contribution in [0.4, 0.5) is 0 Å². The SMILES string of the molecule is COC(=O)c1cccc(C(=O)N2CC3CCC2CN3C)n1. The maximum atomic E-state index is 12.7. The van der Waals surface area contributed by atoms with Gasteiger partial charge in [-0.2, -0.15) is 0 Å². The Labute approximate surface area is 123 Å². The average Bonchev–Trinajstić information content (AvgIpc) is 2.54. The molecule has 6 nitrogen and oxygen atoms in total. The molecule has 0 saturated carbocycles. The number of aromatic nitrogens is 1. The number of fused-ring (bicyclic) bond motifs is 3. The molecule has 3 fully saturated rings. The quantitative estimate of drug-likeness (QED) is 0.753. The smallest absolute Gasteiger partial charge is 0.356 e. The van der Waals surface area contributed by atoms with Crippen LogP contribution in [0.25, 0.3) is 0 Å². The second-order valence-corrected chi connectivity index (χ2v) is 5.68. The van der Waals surface area contributed by atoms with Crippen LogP contribution >= 0.6 is 0 Å². The predicted molar refractivity (Wildman–Crippen MR) is 76.1 cm³/mol. The minimum Gasteiger partial charge on any atom is -0.464 e. The van der Waals surface area contributed by atoms with Crippen molar-refractivity contribution in [3.8, 4) is 0 Å². The number of amides is 1. The van der Waals surface area contributed by atoms with Gasteiger partial charge in [0.1, 0.15) is 11.4 Å². The summed E-state index contributed by atoms with van der Waals surface area (Å²) in [6.07, 6.45) is 2.18. The van der Waals surface area contributed by atoms with Crippen LogP contribution in [0.5, 0.6) is 0 Å². The van der Waals surface area contributed by atoms with E-state index in [9.17, 15) is 9.59 Å². The van der Waals surface area contributed by atoms with Crippen molar-refractivity contribution < 1.29 is 14.3 Å². The van der Waals surface area contributed by atoms with Gasteiger partial charge < -0.3 is 9.64 Å². The van der Waals surface area contributed by atoms with Gasteiger partial charge in [0, 0.05) is 25.2 Å². The van der Waals surface area contributed by atoms with E-state index in [1.807, 2.05) is 4.90 Å².